The van der Waals surface area contributed by atoms with Crippen LogP contribution >= 0.6 is 0 Å². The number of aromatic nitrogens is 3. The van der Waals surface area contributed by atoms with E-state index in [1.54, 1.807) is 12.1 Å². The largest absolute Gasteiger partial charge is 0.416 e. The van der Waals surface area contributed by atoms with Gasteiger partial charge in [-0.2, -0.15) is 13.2 Å². The van der Waals surface area contributed by atoms with Gasteiger partial charge in [-0.25, -0.2) is 9.97 Å². The van der Waals surface area contributed by atoms with E-state index in [2.05, 4.69) is 32.0 Å². The molecule has 3 aliphatic heterocycles. The van der Waals surface area contributed by atoms with Crippen LogP contribution in [-0.4, -0.2) is 28.0 Å². The number of hydrogen-bond donors (Lipinski definition) is 1. The molecule has 7 heteroatoms. The molecule has 0 unspecified atom stereocenters. The summed E-state index contributed by atoms with van der Waals surface area (Å²) in [6.45, 7) is 3.35. The van der Waals surface area contributed by atoms with Gasteiger partial charge >= 0.3 is 6.18 Å². The molecular weight excluding hydrogens is 329 g/mol. The maximum absolute atomic E-state index is 13.0. The highest BCUT2D eigenvalue weighted by Crippen LogP contribution is 2.36. The maximum atomic E-state index is 13.0. The topological polar surface area (TPSA) is 44.8 Å². The molecule has 0 saturated heterocycles. The molecule has 3 aliphatic rings. The van der Waals surface area contributed by atoms with Crippen LogP contribution in [0, 0.1) is 6.92 Å². The van der Waals surface area contributed by atoms with Crippen LogP contribution in [0.4, 0.5) is 19.0 Å². The van der Waals surface area contributed by atoms with Crippen LogP contribution < -0.4 is 4.90 Å². The Bertz CT molecular complexity index is 918. The second kappa shape index (κ2) is 5.61. The van der Waals surface area contributed by atoms with Gasteiger partial charge in [0.1, 0.15) is 11.5 Å². The van der Waals surface area contributed by atoms with Gasteiger partial charge in [-0.05, 0) is 25.1 Å². The number of benzene rings is 1. The van der Waals surface area contributed by atoms with Gasteiger partial charge in [0.2, 0.25) is 0 Å². The first-order valence-corrected chi connectivity index (χ1v) is 7.87. The molecule has 0 amide bonds. The van der Waals surface area contributed by atoms with Crippen molar-refractivity contribution in [3.8, 4) is 22.6 Å². The highest BCUT2D eigenvalue weighted by molar-refractivity contribution is 5.78. The first-order chi connectivity index (χ1) is 11.9. The van der Waals surface area contributed by atoms with Gasteiger partial charge in [0.05, 0.1) is 17.0 Å². The van der Waals surface area contributed by atoms with E-state index in [9.17, 15) is 13.2 Å². The third-order valence-electron chi connectivity index (χ3n) is 4.17. The monoisotopic (exact) mass is 344 g/mol. The first-order valence-electron chi connectivity index (χ1n) is 7.87. The van der Waals surface area contributed by atoms with Crippen molar-refractivity contribution in [1.82, 2.24) is 15.0 Å². The standard InChI is InChI=1S/C18H15F3N4/c1-11-22-15-10-14(12-5-4-6-13(9-12)18(19,20)21)24-16(15)17(23-11)25-7-2-3-8-25/h2-6,9-10H,7-8H2,1H3,(H,22,23). The third-order valence-corrected chi connectivity index (χ3v) is 4.17. The molecule has 3 heterocycles. The van der Waals surface area contributed by atoms with E-state index in [1.165, 1.54) is 6.07 Å². The van der Waals surface area contributed by atoms with Crippen molar-refractivity contribution >= 4 is 5.82 Å². The highest BCUT2D eigenvalue weighted by atomic mass is 19.4. The summed E-state index contributed by atoms with van der Waals surface area (Å²) in [5.41, 5.74) is 1.68. The van der Waals surface area contributed by atoms with Crippen LogP contribution in [0.2, 0.25) is 0 Å². The Labute approximate surface area is 142 Å². The molecule has 1 aromatic rings. The predicted octanol–water partition coefficient (Wildman–Crippen LogP) is 4.28. The molecule has 0 fully saturated rings. The fourth-order valence-corrected chi connectivity index (χ4v) is 2.99. The van der Waals surface area contributed by atoms with E-state index in [4.69, 9.17) is 0 Å². The minimum absolute atomic E-state index is 0.433. The Morgan fingerprint density at radius 1 is 1.08 bits per heavy atom. The zero-order valence-electron chi connectivity index (χ0n) is 13.4. The van der Waals surface area contributed by atoms with Crippen molar-refractivity contribution in [1.29, 1.82) is 0 Å². The van der Waals surface area contributed by atoms with E-state index in [1.807, 2.05) is 6.92 Å². The average molecular weight is 344 g/mol. The van der Waals surface area contributed by atoms with Gasteiger partial charge in [0.15, 0.2) is 5.82 Å². The number of halogens is 3. The van der Waals surface area contributed by atoms with Gasteiger partial charge in [0, 0.05) is 18.7 Å². The summed E-state index contributed by atoms with van der Waals surface area (Å²) in [7, 11) is 0. The number of nitrogens with zero attached hydrogens (tertiary/aromatic N) is 3. The summed E-state index contributed by atoms with van der Waals surface area (Å²) < 4.78 is 38.9. The van der Waals surface area contributed by atoms with E-state index in [-0.39, 0.29) is 0 Å². The zero-order chi connectivity index (χ0) is 17.6. The smallest absolute Gasteiger partial charge is 0.347 e. The summed E-state index contributed by atoms with van der Waals surface area (Å²) in [5, 5.41) is 0. The molecule has 0 bridgehead atoms. The number of H-pyrrole nitrogens is 1. The minimum atomic E-state index is -4.38. The Morgan fingerprint density at radius 2 is 1.84 bits per heavy atom. The van der Waals surface area contributed by atoms with Crippen LogP contribution in [0.15, 0.2) is 42.5 Å². The van der Waals surface area contributed by atoms with Crippen molar-refractivity contribution in [2.45, 2.75) is 13.1 Å². The Balaban J connectivity index is 1.82. The molecule has 128 valence electrons. The number of hydrogen-bond acceptors (Lipinski definition) is 3. The maximum Gasteiger partial charge on any atom is 0.416 e. The van der Waals surface area contributed by atoms with Crippen molar-refractivity contribution in [2.75, 3.05) is 18.0 Å². The number of rotatable bonds is 2. The van der Waals surface area contributed by atoms with Crippen LogP contribution in [0.5, 0.6) is 0 Å². The summed E-state index contributed by atoms with van der Waals surface area (Å²) >= 11 is 0. The Hall–Kier alpha value is -2.83. The number of aryl methyl sites for hydroxylation is 1. The average Bonchev–Trinajstić information content (AvgIpc) is 3.23. The SMILES string of the molecule is Cc1nc(N2CC=CC2)c2nc(-c3cccc(C(F)(F)F)c3)cc-2[nH]1. The quantitative estimate of drug-likeness (QED) is 0.706. The molecule has 1 N–H and O–H groups in total. The Kier molecular flexibility index (Phi) is 3.52. The second-order valence-electron chi connectivity index (χ2n) is 6.00. The second-order valence-corrected chi connectivity index (χ2v) is 6.00. The van der Waals surface area contributed by atoms with Crippen LogP contribution in [-0.2, 0) is 6.18 Å². The zero-order valence-corrected chi connectivity index (χ0v) is 13.4. The van der Waals surface area contributed by atoms with Crippen molar-refractivity contribution in [2.24, 2.45) is 0 Å². The van der Waals surface area contributed by atoms with Crippen molar-refractivity contribution < 1.29 is 13.2 Å². The summed E-state index contributed by atoms with van der Waals surface area (Å²) in [6.07, 6.45) is -0.273. The van der Waals surface area contributed by atoms with Gasteiger partial charge < -0.3 is 9.88 Å². The van der Waals surface area contributed by atoms with E-state index < -0.39 is 11.7 Å². The molecule has 0 radical (unpaired) electrons. The van der Waals surface area contributed by atoms with E-state index in [0.717, 1.165) is 42.6 Å². The number of alkyl halides is 3. The summed E-state index contributed by atoms with van der Waals surface area (Å²) in [4.78, 5) is 14.3. The molecule has 0 saturated carbocycles. The Morgan fingerprint density at radius 3 is 2.56 bits per heavy atom. The number of anilines is 1. The highest BCUT2D eigenvalue weighted by Gasteiger charge is 2.31. The van der Waals surface area contributed by atoms with Crippen LogP contribution in [0.3, 0.4) is 0 Å². The first kappa shape index (κ1) is 15.7. The van der Waals surface area contributed by atoms with E-state index >= 15 is 0 Å². The molecular formula is C18H15F3N4. The van der Waals surface area contributed by atoms with Gasteiger partial charge in [-0.1, -0.05) is 24.3 Å². The lowest BCUT2D eigenvalue weighted by Crippen LogP contribution is -2.21. The van der Waals surface area contributed by atoms with E-state index in [0.29, 0.717) is 17.0 Å². The molecule has 0 spiro atoms. The van der Waals surface area contributed by atoms with Crippen molar-refractivity contribution in [3.05, 3.63) is 53.9 Å². The molecule has 25 heavy (non-hydrogen) atoms. The van der Waals surface area contributed by atoms with Gasteiger partial charge in [-0.15, -0.1) is 0 Å². The minimum Gasteiger partial charge on any atom is -0.347 e. The van der Waals surface area contributed by atoms with Gasteiger partial charge in [0.25, 0.3) is 0 Å². The molecule has 0 aliphatic carbocycles. The van der Waals surface area contributed by atoms with Gasteiger partial charge in [-0.3, -0.25) is 0 Å². The summed E-state index contributed by atoms with van der Waals surface area (Å²) in [5.74, 6) is 1.48. The fraction of sp³-hybridized carbons (Fsp3) is 0.222. The molecule has 0 atom stereocenters. The van der Waals surface area contributed by atoms with Crippen LogP contribution in [0.25, 0.3) is 22.6 Å². The number of fused-ring (bicyclic) bond motifs is 1. The molecule has 0 aromatic heterocycles. The third kappa shape index (κ3) is 2.86. The predicted molar refractivity (Wildman–Crippen MR) is 89.5 cm³/mol. The molecule has 4 nitrogen and oxygen atoms in total. The lowest BCUT2D eigenvalue weighted by Gasteiger charge is -2.19. The molecule has 1 aromatic carbocycles. The summed E-state index contributed by atoms with van der Waals surface area (Å²) in [6, 6.07) is 6.99. The lowest BCUT2D eigenvalue weighted by molar-refractivity contribution is -0.137. The van der Waals surface area contributed by atoms with Crippen LogP contribution in [0.1, 0.15) is 11.4 Å². The number of nitrogens with one attached hydrogen (secondary N) is 1. The number of aromatic amines is 1. The fourth-order valence-electron chi connectivity index (χ4n) is 2.99. The normalized spacial score (nSPS) is 14.6. The lowest BCUT2D eigenvalue weighted by atomic mass is 10.1. The van der Waals surface area contributed by atoms with Crippen molar-refractivity contribution in [3.63, 3.8) is 0 Å². The molecule has 4 rings (SSSR count).